The molecule has 2 fully saturated rings. The van der Waals surface area contributed by atoms with Crippen LogP contribution in [0.1, 0.15) is 61.2 Å². The third-order valence-corrected chi connectivity index (χ3v) is 8.39. The van der Waals surface area contributed by atoms with Crippen LogP contribution >= 0.6 is 0 Å². The first kappa shape index (κ1) is 27.2. The van der Waals surface area contributed by atoms with E-state index in [0.717, 1.165) is 60.6 Å². The molecule has 43 heavy (non-hydrogen) atoms. The molecule has 2 atom stereocenters. The van der Waals surface area contributed by atoms with Crippen LogP contribution in [0, 0.1) is 6.92 Å². The van der Waals surface area contributed by atoms with Crippen LogP contribution in [0.3, 0.4) is 0 Å². The number of nitrogens with zero attached hydrogens (tertiary/aromatic N) is 3. The van der Waals surface area contributed by atoms with Crippen LogP contribution in [0.5, 0.6) is 11.6 Å². The Morgan fingerprint density at radius 3 is 2.70 bits per heavy atom. The van der Waals surface area contributed by atoms with E-state index in [1.807, 2.05) is 31.3 Å². The smallest absolute Gasteiger partial charge is 0.251 e. The van der Waals surface area contributed by atoms with Crippen molar-refractivity contribution in [2.75, 3.05) is 12.4 Å². The molecular formula is C32H34N6O5. The van der Waals surface area contributed by atoms with Gasteiger partial charge in [0.05, 0.1) is 30.3 Å². The first-order valence-corrected chi connectivity index (χ1v) is 14.8. The Kier molecular flexibility index (Phi) is 7.10. The Balaban J connectivity index is 1.21. The number of methoxy groups -OCH3 is 1. The summed E-state index contributed by atoms with van der Waals surface area (Å²) in [7, 11) is 1.55. The molecule has 0 saturated heterocycles. The standard InChI is InChI=1S/C32H34N6O5/c1-17-34-24-12-10-18(14-27(24)42-17)21-16-33-29-28(21)31(43-20-6-3-4-7-20)38-32(37-29)36-23-13-11-19(15-26(23)41-2)30(40)35-22-8-5-9-25(22)39/h10-16,20,22,25,39H,3-9H2,1-2H3,(H,35,40)(H2,33,36,37,38)/t22-,25+/m1/s1. The minimum atomic E-state index is -0.512. The fourth-order valence-electron chi connectivity index (χ4n) is 6.16. The number of benzene rings is 2. The van der Waals surface area contributed by atoms with E-state index in [1.165, 1.54) is 0 Å². The van der Waals surface area contributed by atoms with Crippen molar-refractivity contribution in [3.8, 4) is 22.8 Å². The number of aliphatic hydroxyl groups excluding tert-OH is 1. The lowest BCUT2D eigenvalue weighted by Gasteiger charge is -2.18. The van der Waals surface area contributed by atoms with E-state index in [0.29, 0.717) is 52.4 Å². The fourth-order valence-corrected chi connectivity index (χ4v) is 6.16. The number of hydrogen-bond acceptors (Lipinski definition) is 9. The quantitative estimate of drug-likeness (QED) is 0.178. The van der Waals surface area contributed by atoms with Gasteiger partial charge in [-0.05, 0) is 80.8 Å². The molecule has 11 nitrogen and oxygen atoms in total. The summed E-state index contributed by atoms with van der Waals surface area (Å²) in [5.74, 6) is 1.66. The summed E-state index contributed by atoms with van der Waals surface area (Å²) in [5, 5.41) is 17.1. The molecule has 2 saturated carbocycles. The lowest BCUT2D eigenvalue weighted by Crippen LogP contribution is -2.39. The van der Waals surface area contributed by atoms with Crippen molar-refractivity contribution in [2.45, 2.75) is 70.1 Å². The van der Waals surface area contributed by atoms with Gasteiger partial charge in [0.2, 0.25) is 11.8 Å². The Morgan fingerprint density at radius 1 is 1.05 bits per heavy atom. The highest BCUT2D eigenvalue weighted by Crippen LogP contribution is 2.38. The first-order chi connectivity index (χ1) is 20.9. The number of ether oxygens (including phenoxy) is 2. The molecule has 5 aromatic rings. The van der Waals surface area contributed by atoms with Gasteiger partial charge >= 0.3 is 0 Å². The number of aliphatic hydroxyl groups is 1. The molecule has 2 aromatic carbocycles. The zero-order chi connectivity index (χ0) is 29.5. The van der Waals surface area contributed by atoms with E-state index in [9.17, 15) is 9.90 Å². The molecule has 0 radical (unpaired) electrons. The van der Waals surface area contributed by atoms with Crippen LogP contribution in [0.15, 0.2) is 47.0 Å². The lowest BCUT2D eigenvalue weighted by atomic mass is 10.1. The number of aryl methyl sites for hydroxylation is 1. The second kappa shape index (κ2) is 11.2. The second-order valence-corrected chi connectivity index (χ2v) is 11.3. The van der Waals surface area contributed by atoms with Gasteiger partial charge in [-0.1, -0.05) is 6.07 Å². The summed E-state index contributed by atoms with van der Waals surface area (Å²) in [4.78, 5) is 30.2. The third kappa shape index (κ3) is 5.36. The molecule has 0 spiro atoms. The predicted molar refractivity (Wildman–Crippen MR) is 162 cm³/mol. The Labute approximate surface area is 248 Å². The second-order valence-electron chi connectivity index (χ2n) is 11.3. The summed E-state index contributed by atoms with van der Waals surface area (Å²) in [6, 6.07) is 10.8. The van der Waals surface area contributed by atoms with Crippen LogP contribution in [-0.2, 0) is 0 Å². The van der Waals surface area contributed by atoms with E-state index in [2.05, 4.69) is 20.6 Å². The number of nitrogens with one attached hydrogen (secondary N) is 3. The number of carbonyl (C=O) groups is 1. The molecule has 0 bridgehead atoms. The first-order valence-electron chi connectivity index (χ1n) is 14.8. The van der Waals surface area contributed by atoms with Gasteiger partial charge in [0, 0.05) is 24.2 Å². The van der Waals surface area contributed by atoms with Crippen molar-refractivity contribution < 1.29 is 23.8 Å². The molecule has 3 heterocycles. The summed E-state index contributed by atoms with van der Waals surface area (Å²) < 4.78 is 17.9. The minimum Gasteiger partial charge on any atom is -0.495 e. The van der Waals surface area contributed by atoms with Crippen LogP contribution in [0.2, 0.25) is 0 Å². The van der Waals surface area contributed by atoms with Gasteiger partial charge in [0.25, 0.3) is 5.91 Å². The highest BCUT2D eigenvalue weighted by atomic mass is 16.5. The number of hydrogen-bond donors (Lipinski definition) is 4. The zero-order valence-electron chi connectivity index (χ0n) is 24.1. The van der Waals surface area contributed by atoms with E-state index >= 15 is 0 Å². The SMILES string of the molecule is COc1cc(C(=O)N[C@@H]2CCC[C@@H]2O)ccc1Nc1nc(OC2CCCC2)c2c(-c3ccc4nc(C)oc4c3)c[nH]c2n1. The van der Waals surface area contributed by atoms with Crippen molar-refractivity contribution in [1.29, 1.82) is 0 Å². The van der Waals surface area contributed by atoms with Gasteiger partial charge in [-0.3, -0.25) is 4.79 Å². The molecule has 0 aliphatic heterocycles. The summed E-state index contributed by atoms with van der Waals surface area (Å²) in [6.07, 6.45) is 8.05. The highest BCUT2D eigenvalue weighted by molar-refractivity contribution is 5.99. The monoisotopic (exact) mass is 582 g/mol. The highest BCUT2D eigenvalue weighted by Gasteiger charge is 2.27. The molecule has 0 unspecified atom stereocenters. The topological polar surface area (TPSA) is 147 Å². The van der Waals surface area contributed by atoms with E-state index in [1.54, 1.807) is 25.3 Å². The van der Waals surface area contributed by atoms with Crippen LogP contribution < -0.4 is 20.1 Å². The molecule has 1 amide bonds. The number of H-pyrrole nitrogens is 1. The van der Waals surface area contributed by atoms with Gasteiger partial charge in [0.1, 0.15) is 23.0 Å². The van der Waals surface area contributed by atoms with Crippen molar-refractivity contribution in [3.05, 3.63) is 54.0 Å². The number of fused-ring (bicyclic) bond motifs is 2. The third-order valence-electron chi connectivity index (χ3n) is 8.39. The number of oxazole rings is 1. The minimum absolute atomic E-state index is 0.0822. The van der Waals surface area contributed by atoms with Gasteiger partial charge in [0.15, 0.2) is 11.5 Å². The van der Waals surface area contributed by atoms with E-state index in [4.69, 9.17) is 23.9 Å². The summed E-state index contributed by atoms with van der Waals surface area (Å²) in [6.45, 7) is 1.83. The average Bonchev–Trinajstić information content (AvgIpc) is 3.81. The Morgan fingerprint density at radius 2 is 1.91 bits per heavy atom. The maximum absolute atomic E-state index is 12.9. The summed E-state index contributed by atoms with van der Waals surface area (Å²) >= 11 is 0. The Hall–Kier alpha value is -4.64. The molecule has 3 aromatic heterocycles. The number of aromatic nitrogens is 4. The van der Waals surface area contributed by atoms with Crippen molar-refractivity contribution in [2.24, 2.45) is 0 Å². The number of anilines is 2. The number of carbonyl (C=O) groups excluding carboxylic acids is 1. The molecule has 11 heteroatoms. The Bertz CT molecular complexity index is 1810. The predicted octanol–water partition coefficient (Wildman–Crippen LogP) is 5.79. The molecule has 4 N–H and O–H groups in total. The zero-order valence-corrected chi connectivity index (χ0v) is 24.1. The van der Waals surface area contributed by atoms with Gasteiger partial charge < -0.3 is 34.6 Å². The van der Waals surface area contributed by atoms with Crippen molar-refractivity contribution in [1.82, 2.24) is 25.3 Å². The maximum Gasteiger partial charge on any atom is 0.251 e. The summed E-state index contributed by atoms with van der Waals surface area (Å²) in [5.41, 5.74) is 5.03. The van der Waals surface area contributed by atoms with Gasteiger partial charge in [-0.2, -0.15) is 9.97 Å². The number of rotatable bonds is 8. The fraction of sp³-hybridized carbons (Fsp3) is 0.375. The largest absolute Gasteiger partial charge is 0.495 e. The van der Waals surface area contributed by atoms with Gasteiger partial charge in [-0.25, -0.2) is 4.98 Å². The molecule has 222 valence electrons. The van der Waals surface area contributed by atoms with Crippen LogP contribution in [0.4, 0.5) is 11.6 Å². The molecular weight excluding hydrogens is 548 g/mol. The molecule has 2 aliphatic carbocycles. The van der Waals surface area contributed by atoms with E-state index < -0.39 is 6.10 Å². The van der Waals surface area contributed by atoms with Gasteiger partial charge in [-0.15, -0.1) is 0 Å². The normalized spacial score (nSPS) is 18.9. The maximum atomic E-state index is 12.9. The molecule has 7 rings (SSSR count). The number of amides is 1. The van der Waals surface area contributed by atoms with E-state index in [-0.39, 0.29) is 18.1 Å². The molecule has 2 aliphatic rings. The average molecular weight is 583 g/mol. The number of aromatic amines is 1. The van der Waals surface area contributed by atoms with Crippen LogP contribution in [-0.4, -0.2) is 56.3 Å². The van der Waals surface area contributed by atoms with Crippen molar-refractivity contribution >= 4 is 39.7 Å². The van der Waals surface area contributed by atoms with Crippen molar-refractivity contribution in [3.63, 3.8) is 0 Å². The van der Waals surface area contributed by atoms with Crippen LogP contribution in [0.25, 0.3) is 33.3 Å². The lowest BCUT2D eigenvalue weighted by molar-refractivity contribution is 0.0873.